The summed E-state index contributed by atoms with van der Waals surface area (Å²) in [4.78, 5) is 14.5. The van der Waals surface area contributed by atoms with Gasteiger partial charge in [-0.15, -0.1) is 0 Å². The Morgan fingerprint density at radius 3 is 2.57 bits per heavy atom. The van der Waals surface area contributed by atoms with Gasteiger partial charge in [-0.1, -0.05) is 13.3 Å². The minimum atomic E-state index is -0.712. The van der Waals surface area contributed by atoms with Crippen molar-refractivity contribution in [1.82, 2.24) is 10.2 Å². The first-order valence-corrected chi connectivity index (χ1v) is 8.75. The number of carboxylic acid groups (broad SMARTS) is 1. The van der Waals surface area contributed by atoms with E-state index in [1.807, 2.05) is 13.8 Å². The molecular weight excluding hydrogens is 264 g/mol. The lowest BCUT2D eigenvalue weighted by Gasteiger charge is -2.44. The minimum absolute atomic E-state index is 0.213. The van der Waals surface area contributed by atoms with Crippen LogP contribution in [0.3, 0.4) is 0 Å². The van der Waals surface area contributed by atoms with Crippen LogP contribution in [0.1, 0.15) is 72.1 Å². The van der Waals surface area contributed by atoms with Crippen LogP contribution < -0.4 is 5.32 Å². The van der Waals surface area contributed by atoms with Crippen LogP contribution in [0.15, 0.2) is 0 Å². The average Bonchev–Trinajstić information content (AvgIpc) is 3.23. The molecule has 0 saturated heterocycles. The molecule has 21 heavy (non-hydrogen) atoms. The number of hydrogen-bond donors (Lipinski definition) is 2. The Morgan fingerprint density at radius 2 is 2.05 bits per heavy atom. The summed E-state index contributed by atoms with van der Waals surface area (Å²) in [6.07, 6.45) is 8.76. The van der Waals surface area contributed by atoms with E-state index >= 15 is 0 Å². The van der Waals surface area contributed by atoms with E-state index in [9.17, 15) is 9.90 Å². The Kier molecular flexibility index (Phi) is 5.67. The molecule has 0 radical (unpaired) electrons. The van der Waals surface area contributed by atoms with Gasteiger partial charge in [-0.2, -0.15) is 0 Å². The lowest BCUT2D eigenvalue weighted by atomic mass is 9.77. The fourth-order valence-corrected chi connectivity index (χ4v) is 3.88. The van der Waals surface area contributed by atoms with Crippen LogP contribution in [0.4, 0.5) is 0 Å². The minimum Gasteiger partial charge on any atom is -0.480 e. The Bertz CT molecular complexity index is 355. The molecule has 2 aliphatic carbocycles. The largest absolute Gasteiger partial charge is 0.480 e. The molecular formula is C17H32N2O2. The van der Waals surface area contributed by atoms with Gasteiger partial charge in [0.2, 0.25) is 0 Å². The standard InChI is InChI=1S/C17H32N2O2/c1-4-5-11-19(14-8-9-14)15-7-6-10-17(12-15,16(20)21)18-13(2)3/h13-15,18H,4-12H2,1-3H3,(H,20,21). The number of unbranched alkanes of at least 4 members (excludes halogenated alkanes) is 1. The van der Waals surface area contributed by atoms with Crippen molar-refractivity contribution in [3.63, 3.8) is 0 Å². The molecule has 0 heterocycles. The third kappa shape index (κ3) is 4.19. The molecule has 0 spiro atoms. The van der Waals surface area contributed by atoms with Crippen molar-refractivity contribution in [2.75, 3.05) is 6.54 Å². The first-order chi connectivity index (χ1) is 9.98. The average molecular weight is 296 g/mol. The highest BCUT2D eigenvalue weighted by atomic mass is 16.4. The summed E-state index contributed by atoms with van der Waals surface area (Å²) in [5, 5.41) is 13.2. The molecule has 2 N–H and O–H groups in total. The van der Waals surface area contributed by atoms with Crippen LogP contribution in [0.25, 0.3) is 0 Å². The number of hydrogen-bond acceptors (Lipinski definition) is 3. The molecule has 0 aromatic carbocycles. The Balaban J connectivity index is 2.07. The summed E-state index contributed by atoms with van der Waals surface area (Å²) < 4.78 is 0. The first-order valence-electron chi connectivity index (χ1n) is 8.75. The Labute approximate surface area is 129 Å². The molecule has 2 saturated carbocycles. The summed E-state index contributed by atoms with van der Waals surface area (Å²) in [6, 6.07) is 1.38. The Hall–Kier alpha value is -0.610. The number of aliphatic carboxylic acids is 1. The molecule has 2 aliphatic rings. The van der Waals surface area contributed by atoms with E-state index in [0.29, 0.717) is 6.04 Å². The summed E-state index contributed by atoms with van der Waals surface area (Å²) in [7, 11) is 0. The van der Waals surface area contributed by atoms with Gasteiger partial charge < -0.3 is 5.11 Å². The maximum absolute atomic E-state index is 11.9. The topological polar surface area (TPSA) is 52.6 Å². The van der Waals surface area contributed by atoms with Crippen LogP contribution in [-0.2, 0) is 4.79 Å². The zero-order chi connectivity index (χ0) is 15.5. The molecule has 4 heteroatoms. The van der Waals surface area contributed by atoms with E-state index in [4.69, 9.17) is 0 Å². The number of carbonyl (C=O) groups is 1. The predicted molar refractivity (Wildman–Crippen MR) is 85.5 cm³/mol. The summed E-state index contributed by atoms with van der Waals surface area (Å²) in [5.74, 6) is -0.660. The highest BCUT2D eigenvalue weighted by Crippen LogP contribution is 2.37. The molecule has 2 atom stereocenters. The molecule has 0 bridgehead atoms. The van der Waals surface area contributed by atoms with Crippen LogP contribution in [-0.4, -0.2) is 46.2 Å². The van der Waals surface area contributed by atoms with E-state index in [2.05, 4.69) is 17.1 Å². The quantitative estimate of drug-likeness (QED) is 0.723. The summed E-state index contributed by atoms with van der Waals surface area (Å²) in [5.41, 5.74) is -0.712. The number of nitrogens with one attached hydrogen (secondary N) is 1. The molecule has 0 aromatic rings. The first kappa shape index (κ1) is 16.8. The zero-order valence-electron chi connectivity index (χ0n) is 13.9. The second-order valence-corrected chi connectivity index (χ2v) is 7.26. The lowest BCUT2D eigenvalue weighted by molar-refractivity contribution is -0.148. The van der Waals surface area contributed by atoms with Gasteiger partial charge in [0.1, 0.15) is 5.54 Å². The molecule has 0 aromatic heterocycles. The van der Waals surface area contributed by atoms with Gasteiger partial charge in [-0.3, -0.25) is 15.0 Å². The molecule has 4 nitrogen and oxygen atoms in total. The van der Waals surface area contributed by atoms with E-state index in [0.717, 1.165) is 38.3 Å². The van der Waals surface area contributed by atoms with E-state index in [1.54, 1.807) is 0 Å². The zero-order valence-corrected chi connectivity index (χ0v) is 13.9. The molecule has 0 amide bonds. The molecule has 2 fully saturated rings. The van der Waals surface area contributed by atoms with Crippen molar-refractivity contribution < 1.29 is 9.90 Å². The van der Waals surface area contributed by atoms with Crippen molar-refractivity contribution in [3.8, 4) is 0 Å². The van der Waals surface area contributed by atoms with Crippen LogP contribution in [0.5, 0.6) is 0 Å². The van der Waals surface area contributed by atoms with Crippen molar-refractivity contribution in [1.29, 1.82) is 0 Å². The van der Waals surface area contributed by atoms with Gasteiger partial charge in [0, 0.05) is 18.1 Å². The smallest absolute Gasteiger partial charge is 0.323 e. The number of carboxylic acids is 1. The van der Waals surface area contributed by atoms with E-state index < -0.39 is 11.5 Å². The van der Waals surface area contributed by atoms with Crippen LogP contribution >= 0.6 is 0 Å². The van der Waals surface area contributed by atoms with Crippen LogP contribution in [0, 0.1) is 0 Å². The Morgan fingerprint density at radius 1 is 1.33 bits per heavy atom. The lowest BCUT2D eigenvalue weighted by Crippen LogP contribution is -2.60. The fraction of sp³-hybridized carbons (Fsp3) is 0.941. The van der Waals surface area contributed by atoms with Crippen molar-refractivity contribution in [2.24, 2.45) is 0 Å². The van der Waals surface area contributed by atoms with Crippen molar-refractivity contribution >= 4 is 5.97 Å². The third-order valence-corrected chi connectivity index (χ3v) is 4.95. The second kappa shape index (κ2) is 7.10. The van der Waals surface area contributed by atoms with Crippen molar-refractivity contribution in [3.05, 3.63) is 0 Å². The summed E-state index contributed by atoms with van der Waals surface area (Å²) in [6.45, 7) is 7.46. The van der Waals surface area contributed by atoms with E-state index in [-0.39, 0.29) is 6.04 Å². The van der Waals surface area contributed by atoms with Gasteiger partial charge in [0.15, 0.2) is 0 Å². The fourth-order valence-electron chi connectivity index (χ4n) is 3.88. The number of rotatable bonds is 8. The maximum atomic E-state index is 11.9. The highest BCUT2D eigenvalue weighted by Gasteiger charge is 2.46. The molecule has 0 aliphatic heterocycles. The van der Waals surface area contributed by atoms with Gasteiger partial charge in [-0.05, 0) is 65.3 Å². The van der Waals surface area contributed by atoms with Gasteiger partial charge in [-0.25, -0.2) is 0 Å². The van der Waals surface area contributed by atoms with Gasteiger partial charge >= 0.3 is 5.97 Å². The predicted octanol–water partition coefficient (Wildman–Crippen LogP) is 3.01. The SMILES string of the molecule is CCCCN(C1CC1)C1CCCC(NC(C)C)(C(=O)O)C1. The number of nitrogens with zero attached hydrogens (tertiary/aromatic N) is 1. The summed E-state index contributed by atoms with van der Waals surface area (Å²) >= 11 is 0. The second-order valence-electron chi connectivity index (χ2n) is 7.26. The van der Waals surface area contributed by atoms with Crippen molar-refractivity contribution in [2.45, 2.75) is 95.8 Å². The molecule has 2 unspecified atom stereocenters. The third-order valence-electron chi connectivity index (χ3n) is 4.95. The molecule has 122 valence electrons. The monoisotopic (exact) mass is 296 g/mol. The normalized spacial score (nSPS) is 30.0. The molecule has 2 rings (SSSR count). The van der Waals surface area contributed by atoms with Gasteiger partial charge in [0.05, 0.1) is 0 Å². The maximum Gasteiger partial charge on any atom is 0.323 e. The van der Waals surface area contributed by atoms with Crippen LogP contribution in [0.2, 0.25) is 0 Å². The highest BCUT2D eigenvalue weighted by molar-refractivity contribution is 5.79. The van der Waals surface area contributed by atoms with E-state index in [1.165, 1.54) is 25.7 Å². The van der Waals surface area contributed by atoms with Gasteiger partial charge in [0.25, 0.3) is 0 Å².